The van der Waals surface area contributed by atoms with Gasteiger partial charge in [-0.2, -0.15) is 0 Å². The van der Waals surface area contributed by atoms with Crippen molar-refractivity contribution in [3.63, 3.8) is 0 Å². The summed E-state index contributed by atoms with van der Waals surface area (Å²) in [6.45, 7) is 6.48. The predicted molar refractivity (Wildman–Crippen MR) is 91.7 cm³/mol. The van der Waals surface area contributed by atoms with Gasteiger partial charge >= 0.3 is 5.97 Å². The highest BCUT2D eigenvalue weighted by Crippen LogP contribution is 2.17. The van der Waals surface area contributed by atoms with Gasteiger partial charge in [0, 0.05) is 0 Å². The minimum absolute atomic E-state index is 0.167. The first-order valence-electron chi connectivity index (χ1n) is 9.30. The third kappa shape index (κ3) is 14.2. The molecule has 0 bridgehead atoms. The van der Waals surface area contributed by atoms with Crippen LogP contribution in [0.1, 0.15) is 104 Å². The van der Waals surface area contributed by atoms with Crippen molar-refractivity contribution in [3.05, 3.63) is 0 Å². The number of carboxylic acid groups (broad SMARTS) is 1. The van der Waals surface area contributed by atoms with Crippen LogP contribution in [0.2, 0.25) is 0 Å². The lowest BCUT2D eigenvalue weighted by Gasteiger charge is -2.10. The zero-order valence-electron chi connectivity index (χ0n) is 14.7. The van der Waals surface area contributed by atoms with Gasteiger partial charge < -0.3 is 5.11 Å². The average Bonchev–Trinajstić information content (AvgIpc) is 2.46. The smallest absolute Gasteiger partial charge is 0.306 e. The Labute approximate surface area is 132 Å². The van der Waals surface area contributed by atoms with Gasteiger partial charge in [0.05, 0.1) is 5.92 Å². The number of unbranched alkanes of at least 4 members (excludes halogenated alkanes) is 8. The Hall–Kier alpha value is -0.530. The highest BCUT2D eigenvalue weighted by molar-refractivity contribution is 5.69. The topological polar surface area (TPSA) is 37.3 Å². The van der Waals surface area contributed by atoms with Gasteiger partial charge in [0.25, 0.3) is 0 Å². The molecule has 2 heteroatoms. The normalized spacial score (nSPS) is 14.0. The lowest BCUT2D eigenvalue weighted by molar-refractivity contribution is -0.141. The first-order valence-corrected chi connectivity index (χ1v) is 9.30. The Morgan fingerprint density at radius 2 is 1.19 bits per heavy atom. The van der Waals surface area contributed by atoms with Crippen molar-refractivity contribution in [1.29, 1.82) is 0 Å². The van der Waals surface area contributed by atoms with E-state index in [1.807, 2.05) is 6.92 Å². The van der Waals surface area contributed by atoms with Crippen LogP contribution < -0.4 is 0 Å². The maximum Gasteiger partial charge on any atom is 0.306 e. The average molecular weight is 299 g/mol. The molecule has 0 heterocycles. The first kappa shape index (κ1) is 20.5. The molecule has 0 aliphatic rings. The van der Waals surface area contributed by atoms with Crippen molar-refractivity contribution in [1.82, 2.24) is 0 Å². The monoisotopic (exact) mass is 298 g/mol. The summed E-state index contributed by atoms with van der Waals surface area (Å²) in [6, 6.07) is 0. The van der Waals surface area contributed by atoms with E-state index in [9.17, 15) is 4.79 Å². The summed E-state index contributed by atoms with van der Waals surface area (Å²) >= 11 is 0. The Kier molecular flexibility index (Phi) is 14.0. The van der Waals surface area contributed by atoms with Crippen molar-refractivity contribution in [3.8, 4) is 0 Å². The largest absolute Gasteiger partial charge is 0.481 e. The van der Waals surface area contributed by atoms with Crippen LogP contribution in [0.15, 0.2) is 0 Å². The number of carbonyl (C=O) groups is 1. The summed E-state index contributed by atoms with van der Waals surface area (Å²) in [5.41, 5.74) is 0. The van der Waals surface area contributed by atoms with Crippen LogP contribution in [0.3, 0.4) is 0 Å². The quantitative estimate of drug-likeness (QED) is 0.353. The zero-order valence-corrected chi connectivity index (χ0v) is 14.7. The van der Waals surface area contributed by atoms with E-state index in [1.54, 1.807) is 0 Å². The van der Waals surface area contributed by atoms with Crippen LogP contribution >= 0.6 is 0 Å². The van der Waals surface area contributed by atoms with Crippen molar-refractivity contribution in [2.24, 2.45) is 11.8 Å². The standard InChI is InChI=1S/C19H38O2/c1-4-5-14-17(2)15-12-10-8-6-7-9-11-13-16-18(3)19(20)21/h17-18H,4-16H2,1-3H3,(H,20,21). The van der Waals surface area contributed by atoms with Crippen LogP contribution in [-0.4, -0.2) is 11.1 Å². The van der Waals surface area contributed by atoms with Gasteiger partial charge in [0.15, 0.2) is 0 Å². The van der Waals surface area contributed by atoms with E-state index in [4.69, 9.17) is 5.11 Å². The van der Waals surface area contributed by atoms with Crippen molar-refractivity contribution < 1.29 is 9.90 Å². The SMILES string of the molecule is CCCCC(C)CCCCCCCCCCC(C)C(=O)O. The molecule has 126 valence electrons. The van der Waals surface area contributed by atoms with E-state index in [-0.39, 0.29) is 5.92 Å². The second-order valence-electron chi connectivity index (χ2n) is 6.89. The lowest BCUT2D eigenvalue weighted by Crippen LogP contribution is -2.08. The minimum Gasteiger partial charge on any atom is -0.481 e. The van der Waals surface area contributed by atoms with Crippen LogP contribution in [0.4, 0.5) is 0 Å². The minimum atomic E-state index is -0.650. The highest BCUT2D eigenvalue weighted by atomic mass is 16.4. The van der Waals surface area contributed by atoms with E-state index in [2.05, 4.69) is 13.8 Å². The van der Waals surface area contributed by atoms with Crippen molar-refractivity contribution in [2.75, 3.05) is 0 Å². The third-order valence-corrected chi connectivity index (χ3v) is 4.56. The maximum absolute atomic E-state index is 10.7. The van der Waals surface area contributed by atoms with E-state index in [0.717, 1.165) is 18.8 Å². The van der Waals surface area contributed by atoms with E-state index >= 15 is 0 Å². The summed E-state index contributed by atoms with van der Waals surface area (Å²) in [5, 5.41) is 8.79. The van der Waals surface area contributed by atoms with Gasteiger partial charge in [-0.05, 0) is 12.3 Å². The second kappa shape index (κ2) is 14.4. The molecule has 0 aromatic carbocycles. The number of carboxylic acids is 1. The highest BCUT2D eigenvalue weighted by Gasteiger charge is 2.09. The van der Waals surface area contributed by atoms with Gasteiger partial charge in [0.1, 0.15) is 0 Å². The molecule has 0 fully saturated rings. The Balaban J connectivity index is 3.17. The molecule has 2 atom stereocenters. The Morgan fingerprint density at radius 3 is 1.67 bits per heavy atom. The molecule has 0 spiro atoms. The lowest BCUT2D eigenvalue weighted by atomic mass is 9.97. The second-order valence-corrected chi connectivity index (χ2v) is 6.89. The van der Waals surface area contributed by atoms with Crippen LogP contribution in [0, 0.1) is 11.8 Å². The summed E-state index contributed by atoms with van der Waals surface area (Å²) < 4.78 is 0. The predicted octanol–water partition coefficient (Wildman–Crippen LogP) is 6.43. The fourth-order valence-corrected chi connectivity index (χ4v) is 2.82. The summed E-state index contributed by atoms with van der Waals surface area (Å²) in [4.78, 5) is 10.7. The zero-order chi connectivity index (χ0) is 15.9. The van der Waals surface area contributed by atoms with Gasteiger partial charge in [-0.25, -0.2) is 0 Å². The molecule has 0 rings (SSSR count). The molecule has 0 aliphatic carbocycles. The maximum atomic E-state index is 10.7. The molecule has 0 aromatic rings. The van der Waals surface area contributed by atoms with Crippen molar-refractivity contribution in [2.45, 2.75) is 104 Å². The van der Waals surface area contributed by atoms with Gasteiger partial charge in [-0.3, -0.25) is 4.79 Å². The van der Waals surface area contributed by atoms with Gasteiger partial charge in [-0.1, -0.05) is 97.8 Å². The van der Waals surface area contributed by atoms with E-state index < -0.39 is 5.97 Å². The third-order valence-electron chi connectivity index (χ3n) is 4.56. The molecule has 21 heavy (non-hydrogen) atoms. The molecule has 0 saturated carbocycles. The molecule has 0 aliphatic heterocycles. The summed E-state index contributed by atoms with van der Waals surface area (Å²) in [6.07, 6.45) is 16.8. The molecule has 0 radical (unpaired) electrons. The fourth-order valence-electron chi connectivity index (χ4n) is 2.82. The van der Waals surface area contributed by atoms with Crippen LogP contribution in [0.25, 0.3) is 0 Å². The summed E-state index contributed by atoms with van der Waals surface area (Å²) in [7, 11) is 0. The van der Waals surface area contributed by atoms with Crippen LogP contribution in [-0.2, 0) is 4.79 Å². The van der Waals surface area contributed by atoms with E-state index in [1.165, 1.54) is 70.6 Å². The Bertz CT molecular complexity index is 238. The molecule has 0 aromatic heterocycles. The fraction of sp³-hybridized carbons (Fsp3) is 0.947. The number of hydrogen-bond donors (Lipinski definition) is 1. The van der Waals surface area contributed by atoms with Crippen molar-refractivity contribution >= 4 is 5.97 Å². The first-order chi connectivity index (χ1) is 10.1. The number of rotatable bonds is 15. The van der Waals surface area contributed by atoms with Gasteiger partial charge in [-0.15, -0.1) is 0 Å². The number of hydrogen-bond acceptors (Lipinski definition) is 1. The van der Waals surface area contributed by atoms with Crippen LogP contribution in [0.5, 0.6) is 0 Å². The molecular formula is C19H38O2. The molecular weight excluding hydrogens is 260 g/mol. The Morgan fingerprint density at radius 1 is 0.762 bits per heavy atom. The molecule has 0 saturated heterocycles. The van der Waals surface area contributed by atoms with E-state index in [0.29, 0.717) is 0 Å². The molecule has 0 amide bonds. The molecule has 1 N–H and O–H groups in total. The van der Waals surface area contributed by atoms with Gasteiger partial charge in [0.2, 0.25) is 0 Å². The molecule has 2 unspecified atom stereocenters. The summed E-state index contributed by atoms with van der Waals surface area (Å²) in [5.74, 6) is 0.101. The molecule has 2 nitrogen and oxygen atoms in total. The number of aliphatic carboxylic acids is 1.